The second-order valence-corrected chi connectivity index (χ2v) is 9.70. The van der Waals surface area contributed by atoms with Crippen molar-refractivity contribution in [3.05, 3.63) is 22.4 Å². The largest absolute Gasteiger partial charge is 0.399 e. The van der Waals surface area contributed by atoms with Crippen LogP contribution in [-0.2, 0) is 19.9 Å². The topological polar surface area (TPSA) is 106 Å². The van der Waals surface area contributed by atoms with Gasteiger partial charge in [-0.2, -0.15) is 0 Å². The summed E-state index contributed by atoms with van der Waals surface area (Å²) in [4.78, 5) is -0.553. The van der Waals surface area contributed by atoms with E-state index in [1.54, 1.807) is 0 Å². The highest BCUT2D eigenvalue weighted by Crippen LogP contribution is 2.26. The van der Waals surface area contributed by atoms with Crippen LogP contribution in [0.25, 0.3) is 0 Å². The van der Waals surface area contributed by atoms with Gasteiger partial charge < -0.3 is 5.73 Å². The lowest BCUT2D eigenvalue weighted by Crippen LogP contribution is -2.41. The summed E-state index contributed by atoms with van der Waals surface area (Å²) in [5, 5.41) is 0. The SMILES string of the molecule is Nc1cc(Br)c(F)c(S(=O)(=O)NC2CCS(=O)(=O)CC2)c1. The van der Waals surface area contributed by atoms with Gasteiger partial charge in [-0.25, -0.2) is 25.9 Å². The number of halogens is 2. The predicted molar refractivity (Wildman–Crippen MR) is 80.5 cm³/mol. The standard InChI is InChI=1S/C11H14BrFN2O4S2/c12-9-5-7(14)6-10(11(9)13)21(18,19)15-8-1-3-20(16,17)4-2-8/h5-6,8,15H,1-4,14H2. The molecule has 1 fully saturated rings. The molecule has 0 radical (unpaired) electrons. The Labute approximate surface area is 131 Å². The number of nitrogens with two attached hydrogens (primary N) is 1. The lowest BCUT2D eigenvalue weighted by Gasteiger charge is -2.23. The predicted octanol–water partition coefficient (Wildman–Crippen LogP) is 1.03. The zero-order valence-corrected chi connectivity index (χ0v) is 14.1. The van der Waals surface area contributed by atoms with Crippen LogP contribution in [0.15, 0.2) is 21.5 Å². The van der Waals surface area contributed by atoms with Crippen LogP contribution in [0.5, 0.6) is 0 Å². The fourth-order valence-electron chi connectivity index (χ4n) is 2.07. The number of hydrogen-bond donors (Lipinski definition) is 2. The zero-order chi connectivity index (χ0) is 15.8. The van der Waals surface area contributed by atoms with Gasteiger partial charge in [0.2, 0.25) is 10.0 Å². The number of hydrogen-bond acceptors (Lipinski definition) is 5. The van der Waals surface area contributed by atoms with Crippen LogP contribution in [0.2, 0.25) is 0 Å². The molecule has 0 bridgehead atoms. The van der Waals surface area contributed by atoms with E-state index in [-0.39, 0.29) is 34.5 Å². The van der Waals surface area contributed by atoms with Crippen LogP contribution in [0.4, 0.5) is 10.1 Å². The number of benzene rings is 1. The fourth-order valence-corrected chi connectivity index (χ4v) is 5.61. The molecule has 0 spiro atoms. The normalized spacial score (nSPS) is 19.5. The first-order chi connectivity index (χ1) is 9.61. The molecule has 0 saturated carbocycles. The number of sulfonamides is 1. The van der Waals surface area contributed by atoms with Gasteiger partial charge in [0.05, 0.1) is 16.0 Å². The number of sulfone groups is 1. The Morgan fingerprint density at radius 1 is 1.29 bits per heavy atom. The summed E-state index contributed by atoms with van der Waals surface area (Å²) < 4.78 is 63.3. The van der Waals surface area contributed by atoms with Crippen LogP contribution < -0.4 is 10.5 Å². The van der Waals surface area contributed by atoms with E-state index < -0.39 is 36.6 Å². The molecule has 1 aliphatic heterocycles. The second-order valence-electron chi connectivity index (χ2n) is 4.86. The van der Waals surface area contributed by atoms with E-state index >= 15 is 0 Å². The van der Waals surface area contributed by atoms with Crippen LogP contribution in [0.3, 0.4) is 0 Å². The number of rotatable bonds is 3. The quantitative estimate of drug-likeness (QED) is 0.736. The Morgan fingerprint density at radius 2 is 1.86 bits per heavy atom. The van der Waals surface area contributed by atoms with Gasteiger partial charge in [0.1, 0.15) is 14.7 Å². The Balaban J connectivity index is 2.24. The summed E-state index contributed by atoms with van der Waals surface area (Å²) in [5.41, 5.74) is 5.63. The van der Waals surface area contributed by atoms with Crippen molar-refractivity contribution in [3.8, 4) is 0 Å². The van der Waals surface area contributed by atoms with Crippen molar-refractivity contribution in [1.82, 2.24) is 4.72 Å². The van der Waals surface area contributed by atoms with Crippen molar-refractivity contribution in [3.63, 3.8) is 0 Å². The van der Waals surface area contributed by atoms with Crippen molar-refractivity contribution in [2.24, 2.45) is 0 Å². The summed E-state index contributed by atoms with van der Waals surface area (Å²) in [6.07, 6.45) is 0.347. The molecule has 21 heavy (non-hydrogen) atoms. The molecule has 0 aromatic heterocycles. The van der Waals surface area contributed by atoms with E-state index in [1.165, 1.54) is 6.07 Å². The third kappa shape index (κ3) is 3.93. The van der Waals surface area contributed by atoms with E-state index in [0.717, 1.165) is 6.07 Å². The Bertz CT molecular complexity index is 751. The van der Waals surface area contributed by atoms with Crippen LogP contribution in [0, 0.1) is 5.82 Å². The first-order valence-electron chi connectivity index (χ1n) is 6.08. The number of anilines is 1. The average molecular weight is 401 g/mol. The van der Waals surface area contributed by atoms with Crippen LogP contribution in [-0.4, -0.2) is 34.4 Å². The highest BCUT2D eigenvalue weighted by atomic mass is 79.9. The Hall–Kier alpha value is -0.710. The first kappa shape index (κ1) is 16.7. The van der Waals surface area contributed by atoms with Gasteiger partial charge in [-0.15, -0.1) is 0 Å². The summed E-state index contributed by atoms with van der Waals surface area (Å²) in [6, 6.07) is 1.77. The Morgan fingerprint density at radius 3 is 2.43 bits per heavy atom. The maximum absolute atomic E-state index is 13.9. The van der Waals surface area contributed by atoms with E-state index in [9.17, 15) is 21.2 Å². The molecule has 0 unspecified atom stereocenters. The maximum Gasteiger partial charge on any atom is 0.243 e. The average Bonchev–Trinajstić information content (AvgIpc) is 2.36. The maximum atomic E-state index is 13.9. The summed E-state index contributed by atoms with van der Waals surface area (Å²) in [5.74, 6) is -1.09. The molecular formula is C11H14BrFN2O4S2. The first-order valence-corrected chi connectivity index (χ1v) is 10.2. The molecule has 1 aromatic rings. The van der Waals surface area contributed by atoms with E-state index in [2.05, 4.69) is 20.7 Å². The molecule has 0 aliphatic carbocycles. The van der Waals surface area contributed by atoms with E-state index in [1.807, 2.05) is 0 Å². The van der Waals surface area contributed by atoms with Crippen molar-refractivity contribution in [2.45, 2.75) is 23.8 Å². The van der Waals surface area contributed by atoms with Gasteiger partial charge in [-0.3, -0.25) is 0 Å². The van der Waals surface area contributed by atoms with Crippen molar-refractivity contribution in [1.29, 1.82) is 0 Å². The third-order valence-electron chi connectivity index (χ3n) is 3.18. The highest BCUT2D eigenvalue weighted by molar-refractivity contribution is 9.10. The molecule has 1 aliphatic rings. The smallest absolute Gasteiger partial charge is 0.243 e. The second kappa shape index (κ2) is 5.82. The van der Waals surface area contributed by atoms with Gasteiger partial charge in [0.25, 0.3) is 0 Å². The lowest BCUT2D eigenvalue weighted by molar-refractivity contribution is 0.500. The molecule has 3 N–H and O–H groups in total. The number of nitrogen functional groups attached to an aromatic ring is 1. The minimum atomic E-state index is -4.10. The molecule has 118 valence electrons. The van der Waals surface area contributed by atoms with Crippen molar-refractivity contribution < 1.29 is 21.2 Å². The van der Waals surface area contributed by atoms with Gasteiger partial charge >= 0.3 is 0 Å². The molecule has 1 aromatic carbocycles. The van der Waals surface area contributed by atoms with Crippen LogP contribution in [0.1, 0.15) is 12.8 Å². The van der Waals surface area contributed by atoms with Gasteiger partial charge in [0, 0.05) is 11.7 Å². The minimum Gasteiger partial charge on any atom is -0.399 e. The van der Waals surface area contributed by atoms with E-state index in [0.29, 0.717) is 0 Å². The van der Waals surface area contributed by atoms with Crippen molar-refractivity contribution >= 4 is 41.5 Å². The summed E-state index contributed by atoms with van der Waals surface area (Å²) in [6.45, 7) is 0. The fraction of sp³-hybridized carbons (Fsp3) is 0.455. The lowest BCUT2D eigenvalue weighted by atomic mass is 10.2. The number of nitrogens with one attached hydrogen (secondary N) is 1. The van der Waals surface area contributed by atoms with Crippen molar-refractivity contribution in [2.75, 3.05) is 17.2 Å². The van der Waals surface area contributed by atoms with Gasteiger partial charge in [-0.05, 0) is 40.9 Å². The zero-order valence-electron chi connectivity index (χ0n) is 10.8. The molecule has 1 saturated heterocycles. The monoisotopic (exact) mass is 400 g/mol. The Kier molecular flexibility index (Phi) is 4.62. The highest BCUT2D eigenvalue weighted by Gasteiger charge is 2.29. The molecular weight excluding hydrogens is 387 g/mol. The summed E-state index contributed by atoms with van der Waals surface area (Å²) in [7, 11) is -7.20. The van der Waals surface area contributed by atoms with Gasteiger partial charge in [-0.1, -0.05) is 0 Å². The van der Waals surface area contributed by atoms with E-state index in [4.69, 9.17) is 5.73 Å². The van der Waals surface area contributed by atoms with Crippen LogP contribution >= 0.6 is 15.9 Å². The van der Waals surface area contributed by atoms with Gasteiger partial charge in [0.15, 0.2) is 5.82 Å². The molecule has 10 heteroatoms. The molecule has 0 atom stereocenters. The molecule has 2 rings (SSSR count). The summed E-state index contributed by atoms with van der Waals surface area (Å²) >= 11 is 2.90. The third-order valence-corrected chi connectivity index (χ3v) is 7.00. The molecule has 0 amide bonds. The minimum absolute atomic E-state index is 0.0471. The molecule has 1 heterocycles. The molecule has 6 nitrogen and oxygen atoms in total.